The Morgan fingerprint density at radius 3 is 2.40 bits per heavy atom. The summed E-state index contributed by atoms with van der Waals surface area (Å²) in [5, 5.41) is 2.95. The van der Waals surface area contributed by atoms with E-state index in [0.29, 0.717) is 12.2 Å². The fraction of sp³-hybridized carbons (Fsp3) is 0.421. The third-order valence-electron chi connectivity index (χ3n) is 5.11. The fourth-order valence-electron chi connectivity index (χ4n) is 2.80. The molecule has 5 nitrogen and oxygen atoms in total. The number of hydrogen-bond acceptors (Lipinski definition) is 3. The van der Waals surface area contributed by atoms with E-state index in [1.165, 1.54) is 0 Å². The summed E-state index contributed by atoms with van der Waals surface area (Å²) in [6.07, 6.45) is 1.85. The summed E-state index contributed by atoms with van der Waals surface area (Å²) in [6, 6.07) is 11.6. The quantitative estimate of drug-likeness (QED) is 0.869. The molecule has 1 aliphatic heterocycles. The van der Waals surface area contributed by atoms with Crippen LogP contribution in [0.2, 0.25) is 0 Å². The second-order valence-corrected chi connectivity index (χ2v) is 7.52. The van der Waals surface area contributed by atoms with Crippen molar-refractivity contribution in [1.29, 1.82) is 0 Å². The number of carbonyl (C=O) groups is 1. The van der Waals surface area contributed by atoms with Crippen LogP contribution in [0.25, 0.3) is 0 Å². The van der Waals surface area contributed by atoms with Crippen LogP contribution in [0.1, 0.15) is 43.7 Å². The first-order valence-electron chi connectivity index (χ1n) is 8.54. The molecule has 2 aromatic rings. The zero-order valence-electron chi connectivity index (χ0n) is 15.5. The van der Waals surface area contributed by atoms with Gasteiger partial charge < -0.3 is 19.2 Å². The molecule has 0 radical (unpaired) electrons. The number of aromatic nitrogens is 1. The Bertz CT molecular complexity index is 766. The molecule has 1 aromatic carbocycles. The fourth-order valence-corrected chi connectivity index (χ4v) is 2.80. The molecule has 0 aliphatic carbocycles. The van der Waals surface area contributed by atoms with Crippen LogP contribution in [0, 0.1) is 0 Å². The summed E-state index contributed by atoms with van der Waals surface area (Å²) in [5.41, 5.74) is 1.88. The third-order valence-corrected chi connectivity index (χ3v) is 5.11. The molecular formula is C19H25BN2O3. The molecule has 1 aromatic heterocycles. The first-order valence-corrected chi connectivity index (χ1v) is 8.54. The Morgan fingerprint density at radius 2 is 1.80 bits per heavy atom. The molecule has 0 unspecified atom stereocenters. The van der Waals surface area contributed by atoms with Crippen LogP contribution in [0.3, 0.4) is 0 Å². The molecule has 1 amide bonds. The van der Waals surface area contributed by atoms with Crippen molar-refractivity contribution in [3.8, 4) is 0 Å². The number of carbonyl (C=O) groups excluding carboxylic acids is 1. The van der Waals surface area contributed by atoms with E-state index in [1.807, 2.05) is 71.3 Å². The molecule has 6 heteroatoms. The monoisotopic (exact) mass is 340 g/mol. The lowest BCUT2D eigenvalue weighted by Gasteiger charge is -2.32. The highest BCUT2D eigenvalue weighted by Crippen LogP contribution is 2.36. The Balaban J connectivity index is 1.68. The molecule has 0 atom stereocenters. The van der Waals surface area contributed by atoms with Crippen LogP contribution < -0.4 is 10.8 Å². The van der Waals surface area contributed by atoms with Gasteiger partial charge in [0, 0.05) is 19.8 Å². The Kier molecular flexibility index (Phi) is 4.52. The standard InChI is InChI=1S/C19H25BN2O3/c1-18(2)19(3,4)25-20(24-18)15-9-6-8-14(12-15)13-21-17(23)16-10-7-11-22(16)5/h6-12H,13H2,1-5H3,(H,21,23). The smallest absolute Gasteiger partial charge is 0.399 e. The zero-order chi connectivity index (χ0) is 18.2. The van der Waals surface area contributed by atoms with Gasteiger partial charge in [-0.1, -0.05) is 24.3 Å². The summed E-state index contributed by atoms with van der Waals surface area (Å²) in [6.45, 7) is 8.61. The van der Waals surface area contributed by atoms with E-state index < -0.39 is 7.12 Å². The lowest BCUT2D eigenvalue weighted by atomic mass is 9.78. The average molecular weight is 340 g/mol. The van der Waals surface area contributed by atoms with E-state index in [0.717, 1.165) is 11.0 Å². The maximum absolute atomic E-state index is 12.2. The third kappa shape index (κ3) is 3.50. The zero-order valence-corrected chi connectivity index (χ0v) is 15.5. The molecule has 1 aliphatic rings. The number of hydrogen-bond donors (Lipinski definition) is 1. The summed E-state index contributed by atoms with van der Waals surface area (Å²) < 4.78 is 14.0. The van der Waals surface area contributed by atoms with E-state index in [1.54, 1.807) is 10.6 Å². The minimum atomic E-state index is -0.395. The number of amides is 1. The highest BCUT2D eigenvalue weighted by atomic mass is 16.7. The van der Waals surface area contributed by atoms with Gasteiger partial charge in [0.1, 0.15) is 5.69 Å². The second-order valence-electron chi connectivity index (χ2n) is 7.52. The molecule has 0 bridgehead atoms. The number of rotatable bonds is 4. The molecule has 0 saturated carbocycles. The largest absolute Gasteiger partial charge is 0.494 e. The van der Waals surface area contributed by atoms with E-state index in [4.69, 9.17) is 9.31 Å². The summed E-state index contributed by atoms with van der Waals surface area (Å²) in [4.78, 5) is 12.2. The van der Waals surface area contributed by atoms with Crippen LogP contribution in [0.5, 0.6) is 0 Å². The van der Waals surface area contributed by atoms with E-state index in [-0.39, 0.29) is 17.1 Å². The van der Waals surface area contributed by atoms with E-state index in [2.05, 4.69) is 5.32 Å². The van der Waals surface area contributed by atoms with Crippen molar-refractivity contribution in [2.45, 2.75) is 45.4 Å². The number of nitrogens with one attached hydrogen (secondary N) is 1. The lowest BCUT2D eigenvalue weighted by Crippen LogP contribution is -2.41. The highest BCUT2D eigenvalue weighted by molar-refractivity contribution is 6.62. The van der Waals surface area contributed by atoms with Gasteiger partial charge in [-0.2, -0.15) is 0 Å². The van der Waals surface area contributed by atoms with E-state index in [9.17, 15) is 4.79 Å². The summed E-state index contributed by atoms with van der Waals surface area (Å²) in [5.74, 6) is -0.0893. The molecule has 25 heavy (non-hydrogen) atoms. The van der Waals surface area contributed by atoms with Crippen molar-refractivity contribution < 1.29 is 14.1 Å². The molecule has 3 rings (SSSR count). The Labute approximate surface area is 149 Å². The molecule has 132 valence electrons. The van der Waals surface area contributed by atoms with Crippen LogP contribution in [-0.2, 0) is 22.9 Å². The van der Waals surface area contributed by atoms with Crippen molar-refractivity contribution >= 4 is 18.5 Å². The number of nitrogens with zero attached hydrogens (tertiary/aromatic N) is 1. The number of aryl methyl sites for hydroxylation is 1. The molecule has 1 fully saturated rings. The van der Waals surface area contributed by atoms with Crippen LogP contribution in [0.4, 0.5) is 0 Å². The summed E-state index contributed by atoms with van der Waals surface area (Å²) in [7, 11) is 1.46. The van der Waals surface area contributed by atoms with Crippen molar-refractivity contribution in [3.63, 3.8) is 0 Å². The molecule has 2 heterocycles. The summed E-state index contributed by atoms with van der Waals surface area (Å²) >= 11 is 0. The van der Waals surface area contributed by atoms with Crippen molar-refractivity contribution in [3.05, 3.63) is 53.9 Å². The minimum Gasteiger partial charge on any atom is -0.399 e. The molecule has 1 N–H and O–H groups in total. The van der Waals surface area contributed by atoms with Crippen molar-refractivity contribution in [2.24, 2.45) is 7.05 Å². The lowest BCUT2D eigenvalue weighted by molar-refractivity contribution is 0.00578. The Hall–Kier alpha value is -2.05. The van der Waals surface area contributed by atoms with Gasteiger partial charge in [0.25, 0.3) is 5.91 Å². The first kappa shape index (κ1) is 17.8. The minimum absolute atomic E-state index is 0.0893. The topological polar surface area (TPSA) is 52.5 Å². The predicted octanol–water partition coefficient (Wildman–Crippen LogP) is 2.25. The van der Waals surface area contributed by atoms with Gasteiger partial charge in [-0.25, -0.2) is 0 Å². The van der Waals surface area contributed by atoms with Gasteiger partial charge in [-0.05, 0) is 50.9 Å². The van der Waals surface area contributed by atoms with Gasteiger partial charge >= 0.3 is 7.12 Å². The maximum atomic E-state index is 12.2. The average Bonchev–Trinajstić information content (AvgIpc) is 3.06. The van der Waals surface area contributed by atoms with Gasteiger partial charge in [0.05, 0.1) is 11.2 Å². The van der Waals surface area contributed by atoms with Crippen LogP contribution in [-0.4, -0.2) is 28.8 Å². The first-order chi connectivity index (χ1) is 11.7. The van der Waals surface area contributed by atoms with Gasteiger partial charge in [0.2, 0.25) is 0 Å². The van der Waals surface area contributed by atoms with Crippen LogP contribution >= 0.6 is 0 Å². The Morgan fingerprint density at radius 1 is 1.12 bits per heavy atom. The molecular weight excluding hydrogens is 315 g/mol. The van der Waals surface area contributed by atoms with Gasteiger partial charge in [-0.15, -0.1) is 0 Å². The highest BCUT2D eigenvalue weighted by Gasteiger charge is 2.51. The predicted molar refractivity (Wildman–Crippen MR) is 98.7 cm³/mol. The molecule has 1 saturated heterocycles. The van der Waals surface area contributed by atoms with E-state index >= 15 is 0 Å². The molecule has 0 spiro atoms. The normalized spacial score (nSPS) is 18.4. The SMILES string of the molecule is Cn1cccc1C(=O)NCc1cccc(B2OC(C)(C)C(C)(C)O2)c1. The van der Waals surface area contributed by atoms with Gasteiger partial charge in [-0.3, -0.25) is 4.79 Å². The van der Waals surface area contributed by atoms with Crippen molar-refractivity contribution in [2.75, 3.05) is 0 Å². The maximum Gasteiger partial charge on any atom is 0.494 e. The van der Waals surface area contributed by atoms with Crippen molar-refractivity contribution in [1.82, 2.24) is 9.88 Å². The second kappa shape index (κ2) is 6.35. The van der Waals surface area contributed by atoms with Crippen LogP contribution in [0.15, 0.2) is 42.6 Å². The number of benzene rings is 1. The van der Waals surface area contributed by atoms with Gasteiger partial charge in [0.15, 0.2) is 0 Å².